The van der Waals surface area contributed by atoms with Crippen molar-refractivity contribution in [3.8, 4) is 0 Å². The van der Waals surface area contributed by atoms with E-state index >= 15 is 0 Å². The summed E-state index contributed by atoms with van der Waals surface area (Å²) in [6.45, 7) is 4.67. The van der Waals surface area contributed by atoms with Crippen LogP contribution in [0.4, 0.5) is 0 Å². The van der Waals surface area contributed by atoms with Gasteiger partial charge < -0.3 is 0 Å². The van der Waals surface area contributed by atoms with Crippen LogP contribution in [0.3, 0.4) is 0 Å². The summed E-state index contributed by atoms with van der Waals surface area (Å²) < 4.78 is 0. The Morgan fingerprint density at radius 3 is 2.00 bits per heavy atom. The Morgan fingerprint density at radius 1 is 1.00 bits per heavy atom. The summed E-state index contributed by atoms with van der Waals surface area (Å²) in [6, 6.07) is 6.99. The van der Waals surface area contributed by atoms with Crippen molar-refractivity contribution in [2.24, 2.45) is 11.8 Å². The highest BCUT2D eigenvalue weighted by Crippen LogP contribution is 2.41. The molecule has 0 radical (unpaired) electrons. The van der Waals surface area contributed by atoms with Gasteiger partial charge in [-0.3, -0.25) is 14.4 Å². The lowest BCUT2D eigenvalue weighted by atomic mass is 9.66. The molecule has 110 valence electrons. The first kappa shape index (κ1) is 15.6. The van der Waals surface area contributed by atoms with E-state index in [2.05, 4.69) is 0 Å². The molecule has 4 heteroatoms. The van der Waals surface area contributed by atoms with Crippen LogP contribution in [-0.4, -0.2) is 17.3 Å². The van der Waals surface area contributed by atoms with Gasteiger partial charge in [-0.25, -0.2) is 0 Å². The number of allylic oxidation sites excluding steroid dienone is 2. The van der Waals surface area contributed by atoms with Gasteiger partial charge in [0.05, 0.1) is 5.92 Å². The molecule has 0 amide bonds. The number of Topliss-reactive ketones (excluding diaryl/α,β-unsaturated/α-hetero) is 2. The summed E-state index contributed by atoms with van der Waals surface area (Å²) in [5.74, 6) is -2.17. The maximum Gasteiger partial charge on any atom is 0.166 e. The zero-order valence-corrected chi connectivity index (χ0v) is 13.0. The lowest BCUT2D eigenvalue weighted by Gasteiger charge is -2.34. The molecule has 1 aliphatic rings. The molecule has 0 spiro atoms. The molecular weight excluding hydrogens is 288 g/mol. The SMILES string of the molecule is CC(=O)C1C(=O)C=C(C)C(C(C)=O)C1c1ccc(Cl)cc1. The fourth-order valence-electron chi connectivity index (χ4n) is 3.15. The number of carbonyl (C=O) groups is 3. The minimum atomic E-state index is -0.802. The van der Waals surface area contributed by atoms with Crippen molar-refractivity contribution >= 4 is 29.0 Å². The first-order valence-electron chi connectivity index (χ1n) is 6.81. The monoisotopic (exact) mass is 304 g/mol. The molecule has 1 aromatic rings. The molecule has 21 heavy (non-hydrogen) atoms. The van der Waals surface area contributed by atoms with Gasteiger partial charge in [-0.1, -0.05) is 29.3 Å². The van der Waals surface area contributed by atoms with Crippen molar-refractivity contribution in [2.45, 2.75) is 26.7 Å². The van der Waals surface area contributed by atoms with Crippen LogP contribution < -0.4 is 0 Å². The molecule has 3 atom stereocenters. The molecular formula is C17H17ClO3. The van der Waals surface area contributed by atoms with E-state index in [0.29, 0.717) is 10.6 Å². The Hall–Kier alpha value is -1.74. The molecule has 0 saturated carbocycles. The van der Waals surface area contributed by atoms with Crippen molar-refractivity contribution in [1.29, 1.82) is 0 Å². The van der Waals surface area contributed by atoms with Crippen LogP contribution in [0.25, 0.3) is 0 Å². The molecule has 0 N–H and O–H groups in total. The largest absolute Gasteiger partial charge is 0.299 e. The highest BCUT2D eigenvalue weighted by Gasteiger charge is 2.43. The van der Waals surface area contributed by atoms with E-state index in [9.17, 15) is 14.4 Å². The van der Waals surface area contributed by atoms with Crippen LogP contribution in [0.5, 0.6) is 0 Å². The Balaban J connectivity index is 2.60. The third kappa shape index (κ3) is 2.98. The fraction of sp³-hybridized carbons (Fsp3) is 0.353. The van der Waals surface area contributed by atoms with Crippen LogP contribution in [0, 0.1) is 11.8 Å². The molecule has 2 rings (SSSR count). The molecule has 0 saturated heterocycles. The number of ketones is 3. The Morgan fingerprint density at radius 2 is 1.52 bits per heavy atom. The Bertz CT molecular complexity index is 628. The quantitative estimate of drug-likeness (QED) is 0.805. The summed E-state index contributed by atoms with van der Waals surface area (Å²) in [4.78, 5) is 36.2. The van der Waals surface area contributed by atoms with Gasteiger partial charge in [0, 0.05) is 16.9 Å². The number of halogens is 1. The van der Waals surface area contributed by atoms with Gasteiger partial charge in [-0.05, 0) is 44.5 Å². The average molecular weight is 305 g/mol. The van der Waals surface area contributed by atoms with Crippen molar-refractivity contribution in [1.82, 2.24) is 0 Å². The third-order valence-electron chi connectivity index (χ3n) is 4.02. The smallest absolute Gasteiger partial charge is 0.166 e. The Labute approximate surface area is 129 Å². The molecule has 0 aliphatic heterocycles. The predicted molar refractivity (Wildman–Crippen MR) is 81.3 cm³/mol. The van der Waals surface area contributed by atoms with Gasteiger partial charge in [0.1, 0.15) is 11.6 Å². The standard InChI is InChI=1S/C17H17ClO3/c1-9-8-14(21)16(11(3)20)17(15(9)10(2)19)12-4-6-13(18)7-5-12/h4-8,15-17H,1-3H3. The van der Waals surface area contributed by atoms with E-state index < -0.39 is 17.8 Å². The van der Waals surface area contributed by atoms with Crippen molar-refractivity contribution in [3.63, 3.8) is 0 Å². The van der Waals surface area contributed by atoms with Crippen LogP contribution in [0.1, 0.15) is 32.3 Å². The second-order valence-corrected chi connectivity index (χ2v) is 5.98. The van der Waals surface area contributed by atoms with Crippen LogP contribution in [0.15, 0.2) is 35.9 Å². The third-order valence-corrected chi connectivity index (χ3v) is 4.27. The second kappa shape index (κ2) is 5.94. The number of rotatable bonds is 3. The van der Waals surface area contributed by atoms with Crippen molar-refractivity contribution in [3.05, 3.63) is 46.5 Å². The molecule has 1 aliphatic carbocycles. The summed E-state index contributed by atoms with van der Waals surface area (Å²) in [6.07, 6.45) is 1.44. The summed E-state index contributed by atoms with van der Waals surface area (Å²) in [5, 5.41) is 0.576. The lowest BCUT2D eigenvalue weighted by molar-refractivity contribution is -0.132. The van der Waals surface area contributed by atoms with E-state index in [-0.39, 0.29) is 17.3 Å². The predicted octanol–water partition coefficient (Wildman–Crippen LogP) is 3.36. The topological polar surface area (TPSA) is 51.2 Å². The maximum atomic E-state index is 12.2. The van der Waals surface area contributed by atoms with Crippen molar-refractivity contribution < 1.29 is 14.4 Å². The first-order chi connectivity index (χ1) is 9.82. The van der Waals surface area contributed by atoms with Gasteiger partial charge >= 0.3 is 0 Å². The molecule has 0 bridgehead atoms. The van der Waals surface area contributed by atoms with Crippen molar-refractivity contribution in [2.75, 3.05) is 0 Å². The van der Waals surface area contributed by atoms with Crippen LogP contribution in [-0.2, 0) is 14.4 Å². The number of hydrogen-bond donors (Lipinski definition) is 0. The molecule has 0 heterocycles. The first-order valence-corrected chi connectivity index (χ1v) is 7.19. The molecule has 0 aromatic heterocycles. The molecule has 3 unspecified atom stereocenters. The lowest BCUT2D eigenvalue weighted by Crippen LogP contribution is -2.39. The van der Waals surface area contributed by atoms with E-state index in [4.69, 9.17) is 11.6 Å². The van der Waals surface area contributed by atoms with E-state index in [1.807, 2.05) is 0 Å². The van der Waals surface area contributed by atoms with Gasteiger partial charge in [0.25, 0.3) is 0 Å². The van der Waals surface area contributed by atoms with E-state index in [0.717, 1.165) is 5.56 Å². The number of benzene rings is 1. The highest BCUT2D eigenvalue weighted by molar-refractivity contribution is 6.30. The Kier molecular flexibility index (Phi) is 4.43. The summed E-state index contributed by atoms with van der Waals surface area (Å²) in [7, 11) is 0. The molecule has 3 nitrogen and oxygen atoms in total. The normalized spacial score (nSPS) is 25.4. The van der Waals surface area contributed by atoms with E-state index in [1.54, 1.807) is 31.2 Å². The zero-order chi connectivity index (χ0) is 15.7. The number of hydrogen-bond acceptors (Lipinski definition) is 3. The zero-order valence-electron chi connectivity index (χ0n) is 12.2. The van der Waals surface area contributed by atoms with Gasteiger partial charge in [-0.2, -0.15) is 0 Å². The molecule has 1 aromatic carbocycles. The average Bonchev–Trinajstić information content (AvgIpc) is 2.37. The second-order valence-electron chi connectivity index (χ2n) is 5.54. The highest BCUT2D eigenvalue weighted by atomic mass is 35.5. The summed E-state index contributed by atoms with van der Waals surface area (Å²) >= 11 is 5.89. The molecule has 0 fully saturated rings. The van der Waals surface area contributed by atoms with Gasteiger partial charge in [-0.15, -0.1) is 0 Å². The van der Waals surface area contributed by atoms with Gasteiger partial charge in [0.15, 0.2) is 5.78 Å². The fourth-order valence-corrected chi connectivity index (χ4v) is 3.28. The number of carbonyl (C=O) groups excluding carboxylic acids is 3. The maximum absolute atomic E-state index is 12.2. The minimum Gasteiger partial charge on any atom is -0.299 e. The van der Waals surface area contributed by atoms with Crippen LogP contribution in [0.2, 0.25) is 5.02 Å². The summed E-state index contributed by atoms with van der Waals surface area (Å²) in [5.41, 5.74) is 1.51. The van der Waals surface area contributed by atoms with Gasteiger partial charge in [0.2, 0.25) is 0 Å². The minimum absolute atomic E-state index is 0.0394. The van der Waals surface area contributed by atoms with E-state index in [1.165, 1.54) is 19.9 Å². The van der Waals surface area contributed by atoms with Crippen LogP contribution >= 0.6 is 11.6 Å².